The second-order valence-corrected chi connectivity index (χ2v) is 3.95. The molecule has 0 spiro atoms. The molecule has 2 rings (SSSR count). The van der Waals surface area contributed by atoms with Crippen LogP contribution in [-0.2, 0) is 6.54 Å². The molecule has 0 radical (unpaired) electrons. The van der Waals surface area contributed by atoms with Gasteiger partial charge >= 0.3 is 0 Å². The lowest BCUT2D eigenvalue weighted by Gasteiger charge is -2.34. The maximum absolute atomic E-state index is 6.06. The SMILES string of the molecule is CCn1ncc(Cl)c1C1CCC1N. The molecule has 0 amide bonds. The molecule has 2 atom stereocenters. The van der Waals surface area contributed by atoms with E-state index in [1.165, 1.54) is 0 Å². The molecule has 3 nitrogen and oxygen atoms in total. The summed E-state index contributed by atoms with van der Waals surface area (Å²) in [5.41, 5.74) is 7.03. The highest BCUT2D eigenvalue weighted by Crippen LogP contribution is 2.38. The van der Waals surface area contributed by atoms with Gasteiger partial charge in [0.05, 0.1) is 16.9 Å². The maximum atomic E-state index is 6.06. The van der Waals surface area contributed by atoms with Crippen LogP contribution < -0.4 is 5.73 Å². The summed E-state index contributed by atoms with van der Waals surface area (Å²) in [6.07, 6.45) is 3.97. The number of rotatable bonds is 2. The number of hydrogen-bond donors (Lipinski definition) is 1. The lowest BCUT2D eigenvalue weighted by Crippen LogP contribution is -2.38. The predicted molar refractivity (Wildman–Crippen MR) is 52.9 cm³/mol. The summed E-state index contributed by atoms with van der Waals surface area (Å²) < 4.78 is 1.95. The minimum atomic E-state index is 0.277. The van der Waals surface area contributed by atoms with Crippen molar-refractivity contribution in [3.63, 3.8) is 0 Å². The van der Waals surface area contributed by atoms with E-state index in [2.05, 4.69) is 12.0 Å². The molecule has 1 heterocycles. The number of halogens is 1. The van der Waals surface area contributed by atoms with Gasteiger partial charge < -0.3 is 5.73 Å². The fraction of sp³-hybridized carbons (Fsp3) is 0.667. The molecule has 4 heteroatoms. The predicted octanol–water partition coefficient (Wildman–Crippen LogP) is 1.76. The van der Waals surface area contributed by atoms with Crippen LogP contribution in [0.15, 0.2) is 6.20 Å². The van der Waals surface area contributed by atoms with Crippen LogP contribution in [-0.4, -0.2) is 15.8 Å². The highest BCUT2D eigenvalue weighted by atomic mass is 35.5. The molecule has 1 aromatic heterocycles. The van der Waals surface area contributed by atoms with Crippen LogP contribution in [0.2, 0.25) is 5.02 Å². The van der Waals surface area contributed by atoms with Crippen molar-refractivity contribution in [2.75, 3.05) is 0 Å². The van der Waals surface area contributed by atoms with Gasteiger partial charge in [-0.2, -0.15) is 5.10 Å². The van der Waals surface area contributed by atoms with Gasteiger partial charge in [0.15, 0.2) is 0 Å². The molecule has 1 aromatic rings. The molecule has 1 fully saturated rings. The average molecular weight is 200 g/mol. The minimum Gasteiger partial charge on any atom is -0.327 e. The fourth-order valence-corrected chi connectivity index (χ4v) is 2.14. The summed E-state index contributed by atoms with van der Waals surface area (Å²) >= 11 is 6.06. The lowest BCUT2D eigenvalue weighted by molar-refractivity contribution is 0.327. The number of nitrogens with zero attached hydrogens (tertiary/aromatic N) is 2. The zero-order chi connectivity index (χ0) is 9.42. The van der Waals surface area contributed by atoms with E-state index in [4.69, 9.17) is 17.3 Å². The normalized spacial score (nSPS) is 27.3. The zero-order valence-electron chi connectivity index (χ0n) is 7.70. The number of nitrogens with two attached hydrogens (primary N) is 1. The van der Waals surface area contributed by atoms with Crippen molar-refractivity contribution < 1.29 is 0 Å². The topological polar surface area (TPSA) is 43.8 Å². The monoisotopic (exact) mass is 199 g/mol. The number of hydrogen-bond acceptors (Lipinski definition) is 2. The Morgan fingerprint density at radius 1 is 1.69 bits per heavy atom. The van der Waals surface area contributed by atoms with Crippen LogP contribution in [0.3, 0.4) is 0 Å². The molecular formula is C9H14ClN3. The molecule has 0 aliphatic heterocycles. The minimum absolute atomic E-state index is 0.277. The van der Waals surface area contributed by atoms with E-state index >= 15 is 0 Å². The first-order valence-corrected chi connectivity index (χ1v) is 5.08. The Hall–Kier alpha value is -0.540. The Kier molecular flexibility index (Phi) is 2.30. The van der Waals surface area contributed by atoms with Gasteiger partial charge in [0.2, 0.25) is 0 Å². The highest BCUT2D eigenvalue weighted by Gasteiger charge is 2.33. The van der Waals surface area contributed by atoms with E-state index in [9.17, 15) is 0 Å². The van der Waals surface area contributed by atoms with Crippen molar-refractivity contribution in [1.29, 1.82) is 0 Å². The molecule has 1 aliphatic rings. The van der Waals surface area contributed by atoms with Gasteiger partial charge in [0.25, 0.3) is 0 Å². The summed E-state index contributed by atoms with van der Waals surface area (Å²) in [4.78, 5) is 0. The summed E-state index contributed by atoms with van der Waals surface area (Å²) in [5, 5.41) is 4.97. The smallest absolute Gasteiger partial charge is 0.0821 e. The molecule has 13 heavy (non-hydrogen) atoms. The zero-order valence-corrected chi connectivity index (χ0v) is 8.46. The lowest BCUT2D eigenvalue weighted by atomic mass is 9.78. The summed E-state index contributed by atoms with van der Waals surface area (Å²) in [7, 11) is 0. The molecule has 2 unspecified atom stereocenters. The van der Waals surface area contributed by atoms with Crippen molar-refractivity contribution in [1.82, 2.24) is 9.78 Å². The molecule has 0 bridgehead atoms. The summed E-state index contributed by atoms with van der Waals surface area (Å²) in [6, 6.07) is 0.277. The molecule has 0 aromatic carbocycles. The Labute approximate surface area is 82.9 Å². The molecule has 1 aliphatic carbocycles. The van der Waals surface area contributed by atoms with Gasteiger partial charge in [-0.05, 0) is 19.8 Å². The van der Waals surface area contributed by atoms with Gasteiger partial charge in [-0.15, -0.1) is 0 Å². The van der Waals surface area contributed by atoms with Crippen LogP contribution in [0, 0.1) is 0 Å². The van der Waals surface area contributed by atoms with Crippen molar-refractivity contribution in [3.05, 3.63) is 16.9 Å². The Morgan fingerprint density at radius 3 is 2.92 bits per heavy atom. The van der Waals surface area contributed by atoms with Crippen LogP contribution in [0.4, 0.5) is 0 Å². The van der Waals surface area contributed by atoms with Crippen LogP contribution in [0.1, 0.15) is 31.4 Å². The Bertz CT molecular complexity index is 308. The first-order valence-electron chi connectivity index (χ1n) is 4.70. The first kappa shape index (κ1) is 9.03. The standard InChI is InChI=1S/C9H14ClN3/c1-2-13-9(7(10)5-12-13)6-3-4-8(6)11/h5-6,8H,2-4,11H2,1H3. The van der Waals surface area contributed by atoms with Gasteiger partial charge in [-0.3, -0.25) is 4.68 Å². The molecule has 0 saturated heterocycles. The van der Waals surface area contributed by atoms with Crippen molar-refractivity contribution in [3.8, 4) is 0 Å². The molecule has 2 N–H and O–H groups in total. The molecule has 72 valence electrons. The third-order valence-corrected chi connectivity index (χ3v) is 3.10. The fourth-order valence-electron chi connectivity index (χ4n) is 1.86. The van der Waals surface area contributed by atoms with Crippen molar-refractivity contribution >= 4 is 11.6 Å². The van der Waals surface area contributed by atoms with E-state index in [-0.39, 0.29) is 6.04 Å². The first-order chi connectivity index (χ1) is 6.24. The summed E-state index contributed by atoms with van der Waals surface area (Å²) in [5.74, 6) is 0.426. The number of aromatic nitrogens is 2. The maximum Gasteiger partial charge on any atom is 0.0821 e. The second-order valence-electron chi connectivity index (χ2n) is 3.54. The average Bonchev–Trinajstić information content (AvgIpc) is 2.46. The van der Waals surface area contributed by atoms with E-state index in [1.54, 1.807) is 6.20 Å². The van der Waals surface area contributed by atoms with Crippen LogP contribution >= 0.6 is 11.6 Å². The number of aryl methyl sites for hydroxylation is 1. The van der Waals surface area contributed by atoms with Gasteiger partial charge in [0.1, 0.15) is 0 Å². The second kappa shape index (κ2) is 3.31. The van der Waals surface area contributed by atoms with E-state index < -0.39 is 0 Å². The Morgan fingerprint density at radius 2 is 2.46 bits per heavy atom. The molecule has 1 saturated carbocycles. The largest absolute Gasteiger partial charge is 0.327 e. The van der Waals surface area contributed by atoms with E-state index in [1.807, 2.05) is 4.68 Å². The third kappa shape index (κ3) is 1.36. The van der Waals surface area contributed by atoms with E-state index in [0.717, 1.165) is 30.1 Å². The quantitative estimate of drug-likeness (QED) is 0.789. The van der Waals surface area contributed by atoms with Crippen LogP contribution in [0.25, 0.3) is 0 Å². The van der Waals surface area contributed by atoms with Gasteiger partial charge in [-0.1, -0.05) is 11.6 Å². The highest BCUT2D eigenvalue weighted by molar-refractivity contribution is 6.31. The van der Waals surface area contributed by atoms with E-state index in [0.29, 0.717) is 5.92 Å². The van der Waals surface area contributed by atoms with Gasteiger partial charge in [0, 0.05) is 18.5 Å². The van der Waals surface area contributed by atoms with Gasteiger partial charge in [-0.25, -0.2) is 0 Å². The third-order valence-electron chi connectivity index (χ3n) is 2.81. The van der Waals surface area contributed by atoms with Crippen molar-refractivity contribution in [2.24, 2.45) is 5.73 Å². The van der Waals surface area contributed by atoms with Crippen molar-refractivity contribution in [2.45, 2.75) is 38.3 Å². The molecular weight excluding hydrogens is 186 g/mol. The Balaban J connectivity index is 2.31. The summed E-state index contributed by atoms with van der Waals surface area (Å²) in [6.45, 7) is 2.93. The van der Waals surface area contributed by atoms with Crippen LogP contribution in [0.5, 0.6) is 0 Å².